The number of urea groups is 1. The van der Waals surface area contributed by atoms with Crippen molar-refractivity contribution >= 4 is 34.8 Å². The molecular formula is C17H11F3N4O2. The maximum atomic E-state index is 12.6. The monoisotopic (exact) mass is 360 g/mol. The van der Waals surface area contributed by atoms with E-state index in [1.165, 1.54) is 24.5 Å². The predicted octanol–water partition coefficient (Wildman–Crippen LogP) is 3.84. The second kappa shape index (κ2) is 6.79. The van der Waals surface area contributed by atoms with Crippen LogP contribution in [-0.4, -0.2) is 22.4 Å². The van der Waals surface area contributed by atoms with Gasteiger partial charge in [0.05, 0.1) is 22.3 Å². The van der Waals surface area contributed by atoms with Crippen LogP contribution in [0.5, 0.6) is 0 Å². The summed E-state index contributed by atoms with van der Waals surface area (Å²) >= 11 is 0. The lowest BCUT2D eigenvalue weighted by Gasteiger charge is -2.17. The summed E-state index contributed by atoms with van der Waals surface area (Å²) in [6.45, 7) is 0. The van der Waals surface area contributed by atoms with E-state index in [4.69, 9.17) is 0 Å². The normalized spacial score (nSPS) is 11.2. The number of hydrogen-bond donors (Lipinski definition) is 1. The van der Waals surface area contributed by atoms with Gasteiger partial charge in [-0.25, -0.2) is 9.69 Å². The van der Waals surface area contributed by atoms with E-state index in [2.05, 4.69) is 15.3 Å². The Morgan fingerprint density at radius 2 is 1.65 bits per heavy atom. The molecule has 0 atom stereocenters. The molecule has 0 aliphatic heterocycles. The number of nitrogens with zero attached hydrogens (tertiary/aromatic N) is 3. The molecule has 9 heteroatoms. The summed E-state index contributed by atoms with van der Waals surface area (Å²) in [4.78, 5) is 32.6. The Morgan fingerprint density at radius 3 is 2.27 bits per heavy atom. The van der Waals surface area contributed by atoms with Gasteiger partial charge >= 0.3 is 12.2 Å². The first kappa shape index (κ1) is 17.3. The van der Waals surface area contributed by atoms with Crippen molar-refractivity contribution < 1.29 is 22.8 Å². The molecule has 3 amide bonds. The van der Waals surface area contributed by atoms with Crippen LogP contribution in [0.25, 0.3) is 11.0 Å². The number of amides is 3. The van der Waals surface area contributed by atoms with Gasteiger partial charge in [-0.1, -0.05) is 0 Å². The first-order chi connectivity index (χ1) is 12.4. The molecular weight excluding hydrogens is 349 g/mol. The fourth-order valence-electron chi connectivity index (χ4n) is 2.25. The molecule has 132 valence electrons. The number of hydrogen-bond acceptors (Lipinski definition) is 4. The Morgan fingerprint density at radius 1 is 1.00 bits per heavy atom. The molecule has 0 aliphatic rings. The van der Waals surface area contributed by atoms with Gasteiger partial charge in [-0.05, 0) is 42.5 Å². The summed E-state index contributed by atoms with van der Waals surface area (Å²) in [6.07, 6.45) is -1.18. The molecule has 1 N–H and O–H groups in total. The van der Waals surface area contributed by atoms with E-state index in [1.807, 2.05) is 0 Å². The SMILES string of the molecule is O=CN(C(=O)Nc1ccc(C(F)(F)F)cc1)c1ccc2nccnc2c1. The van der Waals surface area contributed by atoms with Gasteiger partial charge in [-0.2, -0.15) is 13.2 Å². The zero-order valence-corrected chi connectivity index (χ0v) is 13.1. The van der Waals surface area contributed by atoms with Gasteiger partial charge in [-0.3, -0.25) is 14.8 Å². The second-order valence-electron chi connectivity index (χ2n) is 5.21. The standard InChI is InChI=1S/C17H11F3N4O2/c18-17(19,20)11-1-3-12(4-2-11)23-16(26)24(10-25)13-5-6-14-15(9-13)22-8-7-21-14/h1-10H,(H,23,26). The van der Waals surface area contributed by atoms with Crippen LogP contribution in [0.1, 0.15) is 5.56 Å². The summed E-state index contributed by atoms with van der Waals surface area (Å²) in [5, 5.41) is 2.37. The Labute approximate surface area is 145 Å². The number of benzene rings is 2. The molecule has 0 saturated heterocycles. The molecule has 0 spiro atoms. The van der Waals surface area contributed by atoms with E-state index in [1.54, 1.807) is 6.07 Å². The number of nitrogens with one attached hydrogen (secondary N) is 1. The number of rotatable bonds is 3. The zero-order chi connectivity index (χ0) is 18.7. The highest BCUT2D eigenvalue weighted by Gasteiger charge is 2.30. The average Bonchev–Trinajstić information content (AvgIpc) is 2.62. The van der Waals surface area contributed by atoms with E-state index in [0.29, 0.717) is 17.4 Å². The highest BCUT2D eigenvalue weighted by atomic mass is 19.4. The average molecular weight is 360 g/mol. The molecule has 3 aromatic rings. The van der Waals surface area contributed by atoms with Crippen LogP contribution in [0.15, 0.2) is 54.9 Å². The van der Waals surface area contributed by atoms with E-state index in [9.17, 15) is 22.8 Å². The number of halogens is 3. The highest BCUT2D eigenvalue weighted by Crippen LogP contribution is 2.30. The molecule has 0 aliphatic carbocycles. The van der Waals surface area contributed by atoms with Gasteiger partial charge in [0, 0.05) is 18.1 Å². The minimum absolute atomic E-state index is 0.121. The van der Waals surface area contributed by atoms with Crippen molar-refractivity contribution in [2.24, 2.45) is 0 Å². The zero-order valence-electron chi connectivity index (χ0n) is 13.1. The Kier molecular flexibility index (Phi) is 4.53. The number of aromatic nitrogens is 2. The number of carbonyl (C=O) groups is 2. The maximum absolute atomic E-state index is 12.6. The summed E-state index contributed by atoms with van der Waals surface area (Å²) in [7, 11) is 0. The Balaban J connectivity index is 1.81. The molecule has 1 heterocycles. The fourth-order valence-corrected chi connectivity index (χ4v) is 2.25. The second-order valence-corrected chi connectivity index (χ2v) is 5.21. The van der Waals surface area contributed by atoms with Crippen LogP contribution in [0.3, 0.4) is 0 Å². The summed E-state index contributed by atoms with van der Waals surface area (Å²) < 4.78 is 37.7. The molecule has 0 saturated carbocycles. The van der Waals surface area contributed by atoms with Crippen molar-refractivity contribution in [2.45, 2.75) is 6.18 Å². The molecule has 6 nitrogen and oxygen atoms in total. The van der Waals surface area contributed by atoms with Crippen molar-refractivity contribution in [1.29, 1.82) is 0 Å². The largest absolute Gasteiger partial charge is 0.416 e. The third-order valence-corrected chi connectivity index (χ3v) is 3.52. The minimum Gasteiger partial charge on any atom is -0.307 e. The number of alkyl halides is 3. The third kappa shape index (κ3) is 3.61. The topological polar surface area (TPSA) is 75.2 Å². The molecule has 1 aromatic heterocycles. The van der Waals surface area contributed by atoms with Crippen LogP contribution < -0.4 is 10.2 Å². The van der Waals surface area contributed by atoms with E-state index >= 15 is 0 Å². The van der Waals surface area contributed by atoms with Gasteiger partial charge in [0.15, 0.2) is 0 Å². The van der Waals surface area contributed by atoms with Crippen molar-refractivity contribution in [1.82, 2.24) is 9.97 Å². The molecule has 0 bridgehead atoms. The molecule has 0 unspecified atom stereocenters. The van der Waals surface area contributed by atoms with Gasteiger partial charge in [0.2, 0.25) is 6.41 Å². The van der Waals surface area contributed by atoms with Crippen molar-refractivity contribution in [2.75, 3.05) is 10.2 Å². The van der Waals surface area contributed by atoms with Crippen LogP contribution in [-0.2, 0) is 11.0 Å². The highest BCUT2D eigenvalue weighted by molar-refractivity contribution is 6.12. The van der Waals surface area contributed by atoms with Crippen molar-refractivity contribution in [3.63, 3.8) is 0 Å². The van der Waals surface area contributed by atoms with Crippen LogP contribution in [0.2, 0.25) is 0 Å². The molecule has 0 radical (unpaired) electrons. The smallest absolute Gasteiger partial charge is 0.307 e. The van der Waals surface area contributed by atoms with Gasteiger partial charge in [-0.15, -0.1) is 0 Å². The van der Waals surface area contributed by atoms with Crippen LogP contribution in [0.4, 0.5) is 29.3 Å². The molecule has 26 heavy (non-hydrogen) atoms. The fraction of sp³-hybridized carbons (Fsp3) is 0.0588. The van der Waals surface area contributed by atoms with Crippen LogP contribution in [0, 0.1) is 0 Å². The molecule has 0 fully saturated rings. The van der Waals surface area contributed by atoms with E-state index in [0.717, 1.165) is 29.2 Å². The first-order valence-corrected chi connectivity index (χ1v) is 7.32. The van der Waals surface area contributed by atoms with Gasteiger partial charge in [0.25, 0.3) is 0 Å². The number of imide groups is 1. The summed E-state index contributed by atoms with van der Waals surface area (Å²) in [5.41, 5.74) is 0.605. The van der Waals surface area contributed by atoms with Crippen LogP contribution >= 0.6 is 0 Å². The maximum Gasteiger partial charge on any atom is 0.416 e. The first-order valence-electron chi connectivity index (χ1n) is 7.32. The lowest BCUT2D eigenvalue weighted by molar-refractivity contribution is -0.137. The third-order valence-electron chi connectivity index (χ3n) is 3.52. The number of anilines is 2. The quantitative estimate of drug-likeness (QED) is 0.720. The minimum atomic E-state index is -4.47. The predicted molar refractivity (Wildman–Crippen MR) is 88.5 cm³/mol. The van der Waals surface area contributed by atoms with E-state index < -0.39 is 17.8 Å². The summed E-state index contributed by atoms with van der Waals surface area (Å²) in [6, 6.07) is 7.69. The summed E-state index contributed by atoms with van der Waals surface area (Å²) in [5.74, 6) is 0. The Bertz CT molecular complexity index is 958. The number of fused-ring (bicyclic) bond motifs is 1. The molecule has 3 rings (SSSR count). The van der Waals surface area contributed by atoms with Crippen molar-refractivity contribution in [3.05, 3.63) is 60.4 Å². The lowest BCUT2D eigenvalue weighted by atomic mass is 10.2. The lowest BCUT2D eigenvalue weighted by Crippen LogP contribution is -2.33. The Hall–Kier alpha value is -3.49. The van der Waals surface area contributed by atoms with Crippen molar-refractivity contribution in [3.8, 4) is 0 Å². The van der Waals surface area contributed by atoms with E-state index in [-0.39, 0.29) is 11.4 Å². The van der Waals surface area contributed by atoms with Gasteiger partial charge < -0.3 is 5.32 Å². The molecule has 2 aromatic carbocycles. The number of carbonyl (C=O) groups excluding carboxylic acids is 2. The van der Waals surface area contributed by atoms with Gasteiger partial charge in [0.1, 0.15) is 0 Å².